The van der Waals surface area contributed by atoms with Gasteiger partial charge < -0.3 is 19.5 Å². The van der Waals surface area contributed by atoms with E-state index in [2.05, 4.69) is 18.8 Å². The van der Waals surface area contributed by atoms with Crippen LogP contribution in [0.5, 0.6) is 5.75 Å². The Balaban J connectivity index is 2.06. The number of amides is 1. The lowest BCUT2D eigenvalue weighted by molar-refractivity contribution is -0.140. The van der Waals surface area contributed by atoms with E-state index >= 15 is 0 Å². The topological polar surface area (TPSA) is 89.0 Å². The molecule has 1 unspecified atom stereocenters. The van der Waals surface area contributed by atoms with Gasteiger partial charge in [-0.25, -0.2) is 0 Å². The predicted molar refractivity (Wildman–Crippen MR) is 117 cm³/mol. The Bertz CT molecular complexity index is 985. The molecule has 0 bridgehead atoms. The highest BCUT2D eigenvalue weighted by Crippen LogP contribution is 2.39. The van der Waals surface area contributed by atoms with Crippen LogP contribution in [0.15, 0.2) is 48.3 Å². The molecule has 2 aromatic rings. The highest BCUT2D eigenvalue weighted by atomic mass is 16.5. The first-order valence-electron chi connectivity index (χ1n) is 10.3. The van der Waals surface area contributed by atoms with Gasteiger partial charge in [0.25, 0.3) is 11.7 Å². The van der Waals surface area contributed by atoms with Crippen molar-refractivity contribution in [1.82, 2.24) is 9.88 Å². The first-order chi connectivity index (χ1) is 14.8. The number of aryl methyl sites for hydroxylation is 1. The number of methoxy groups -OCH3 is 1. The van der Waals surface area contributed by atoms with E-state index in [9.17, 15) is 14.7 Å². The number of nitrogens with zero attached hydrogens (tertiary/aromatic N) is 2. The lowest BCUT2D eigenvalue weighted by Gasteiger charge is -2.24. The molecule has 7 nitrogen and oxygen atoms in total. The van der Waals surface area contributed by atoms with Crippen molar-refractivity contribution in [2.24, 2.45) is 5.92 Å². The number of rotatable bonds is 8. The molecule has 0 spiro atoms. The summed E-state index contributed by atoms with van der Waals surface area (Å²) >= 11 is 0. The first-order valence-corrected chi connectivity index (χ1v) is 10.3. The van der Waals surface area contributed by atoms with Gasteiger partial charge in [-0.3, -0.25) is 14.6 Å². The largest absolute Gasteiger partial charge is 0.507 e. The van der Waals surface area contributed by atoms with Crippen molar-refractivity contribution in [2.75, 3.05) is 26.9 Å². The van der Waals surface area contributed by atoms with Gasteiger partial charge in [-0.1, -0.05) is 19.9 Å². The highest BCUT2D eigenvalue weighted by molar-refractivity contribution is 6.46. The molecular weight excluding hydrogens is 396 g/mol. The minimum Gasteiger partial charge on any atom is -0.507 e. The Morgan fingerprint density at radius 3 is 2.65 bits per heavy atom. The molecule has 7 heteroatoms. The Morgan fingerprint density at radius 1 is 1.26 bits per heavy atom. The van der Waals surface area contributed by atoms with E-state index in [1.54, 1.807) is 36.7 Å². The summed E-state index contributed by atoms with van der Waals surface area (Å²) in [7, 11) is 1.53. The summed E-state index contributed by atoms with van der Waals surface area (Å²) in [6.45, 7) is 7.03. The molecule has 1 aliphatic heterocycles. The molecule has 1 saturated heterocycles. The Morgan fingerprint density at radius 2 is 2.03 bits per heavy atom. The monoisotopic (exact) mass is 424 g/mol. The maximum absolute atomic E-state index is 12.9. The number of carbonyl (C=O) groups is 2. The minimum absolute atomic E-state index is 0.0491. The van der Waals surface area contributed by atoms with Crippen LogP contribution in [0.25, 0.3) is 5.76 Å². The second-order valence-corrected chi connectivity index (χ2v) is 7.95. The number of pyridine rings is 1. The molecule has 3 rings (SSSR count). The molecule has 1 atom stereocenters. The maximum Gasteiger partial charge on any atom is 0.295 e. The van der Waals surface area contributed by atoms with Crippen LogP contribution in [0, 0.1) is 12.8 Å². The smallest absolute Gasteiger partial charge is 0.295 e. The minimum atomic E-state index is -0.736. The summed E-state index contributed by atoms with van der Waals surface area (Å²) in [5, 5.41) is 11.2. The molecule has 1 aromatic heterocycles. The van der Waals surface area contributed by atoms with Crippen molar-refractivity contribution < 1.29 is 24.2 Å². The zero-order chi connectivity index (χ0) is 22.5. The Labute approximate surface area is 182 Å². The van der Waals surface area contributed by atoms with Gasteiger partial charge in [-0.05, 0) is 48.2 Å². The van der Waals surface area contributed by atoms with Gasteiger partial charge in [-0.15, -0.1) is 0 Å². The van der Waals surface area contributed by atoms with Crippen molar-refractivity contribution in [2.45, 2.75) is 26.8 Å². The normalized spacial score (nSPS) is 18.1. The maximum atomic E-state index is 12.9. The quantitative estimate of drug-likeness (QED) is 0.396. The van der Waals surface area contributed by atoms with Crippen molar-refractivity contribution in [3.8, 4) is 5.75 Å². The number of Topliss-reactive ketones (excluding diaryl/α,β-unsaturated/α-hetero) is 1. The lowest BCUT2D eigenvalue weighted by Crippen LogP contribution is -2.32. The number of likely N-dealkylation sites (tertiary alicyclic amines) is 1. The van der Waals surface area contributed by atoms with Gasteiger partial charge in [0.15, 0.2) is 0 Å². The van der Waals surface area contributed by atoms with Crippen LogP contribution >= 0.6 is 0 Å². The molecule has 2 heterocycles. The van der Waals surface area contributed by atoms with Gasteiger partial charge in [0.1, 0.15) is 11.5 Å². The van der Waals surface area contributed by atoms with E-state index in [4.69, 9.17) is 9.47 Å². The van der Waals surface area contributed by atoms with Crippen LogP contribution in [0.1, 0.15) is 36.6 Å². The summed E-state index contributed by atoms with van der Waals surface area (Å²) in [5.74, 6) is -0.521. The summed E-state index contributed by atoms with van der Waals surface area (Å²) < 4.78 is 10.9. The molecular formula is C24H28N2O5. The summed E-state index contributed by atoms with van der Waals surface area (Å²) in [6.07, 6.45) is 3.21. The van der Waals surface area contributed by atoms with Gasteiger partial charge >= 0.3 is 0 Å². The Hall–Kier alpha value is -3.19. The fraction of sp³-hybridized carbons (Fsp3) is 0.375. The zero-order valence-electron chi connectivity index (χ0n) is 18.3. The molecule has 0 saturated carbocycles. The van der Waals surface area contributed by atoms with Gasteiger partial charge in [0.05, 0.1) is 24.8 Å². The second kappa shape index (κ2) is 9.75. The number of ether oxygens (including phenoxy) is 2. The molecule has 1 aliphatic rings. The number of hydrogen-bond donors (Lipinski definition) is 1. The van der Waals surface area contributed by atoms with E-state index in [-0.39, 0.29) is 24.5 Å². The third kappa shape index (κ3) is 4.77. The summed E-state index contributed by atoms with van der Waals surface area (Å²) in [6, 6.07) is 8.07. The number of carbonyl (C=O) groups excluding carboxylic acids is 2. The molecule has 1 amide bonds. The third-order valence-electron chi connectivity index (χ3n) is 5.11. The Kier molecular flexibility index (Phi) is 7.07. The lowest BCUT2D eigenvalue weighted by atomic mass is 9.94. The van der Waals surface area contributed by atoms with E-state index < -0.39 is 17.7 Å². The van der Waals surface area contributed by atoms with Crippen molar-refractivity contribution in [1.29, 1.82) is 0 Å². The van der Waals surface area contributed by atoms with Crippen molar-refractivity contribution >= 4 is 17.4 Å². The number of benzene rings is 1. The van der Waals surface area contributed by atoms with Crippen LogP contribution in [-0.4, -0.2) is 53.5 Å². The summed E-state index contributed by atoms with van der Waals surface area (Å²) in [5.41, 5.74) is 1.92. The fourth-order valence-electron chi connectivity index (χ4n) is 3.58. The van der Waals surface area contributed by atoms with Crippen LogP contribution in [0.3, 0.4) is 0 Å². The number of aliphatic hydroxyl groups is 1. The number of aromatic nitrogens is 1. The molecule has 1 N–H and O–H groups in total. The van der Waals surface area contributed by atoms with Crippen LogP contribution < -0.4 is 4.74 Å². The first kappa shape index (κ1) is 22.5. The molecule has 1 fully saturated rings. The molecule has 1 aromatic carbocycles. The molecule has 164 valence electrons. The van der Waals surface area contributed by atoms with Crippen molar-refractivity contribution in [3.63, 3.8) is 0 Å². The van der Waals surface area contributed by atoms with Crippen LogP contribution in [0.2, 0.25) is 0 Å². The van der Waals surface area contributed by atoms with Crippen LogP contribution in [-0.2, 0) is 14.3 Å². The fourth-order valence-corrected chi connectivity index (χ4v) is 3.58. The standard InChI is InChI=1S/C24H28N2O5/c1-15(2)14-31-18-7-8-19(16(3)12-18)22(27)20-21(17-6-5-9-25-13-17)26(10-11-30-4)24(29)23(20)28/h5-9,12-13,15,21,27H,10-11,14H2,1-4H3. The zero-order valence-corrected chi connectivity index (χ0v) is 18.3. The van der Waals surface area contributed by atoms with Crippen molar-refractivity contribution in [3.05, 3.63) is 65.0 Å². The number of hydrogen-bond acceptors (Lipinski definition) is 6. The van der Waals surface area contributed by atoms with E-state index in [1.807, 2.05) is 13.0 Å². The second-order valence-electron chi connectivity index (χ2n) is 7.95. The predicted octanol–water partition coefficient (Wildman–Crippen LogP) is 3.49. The summed E-state index contributed by atoms with van der Waals surface area (Å²) in [4.78, 5) is 31.2. The van der Waals surface area contributed by atoms with Crippen LogP contribution in [0.4, 0.5) is 0 Å². The number of aliphatic hydroxyl groups excluding tert-OH is 1. The third-order valence-corrected chi connectivity index (χ3v) is 5.11. The van der Waals surface area contributed by atoms with Gasteiger partial charge in [0.2, 0.25) is 0 Å². The van der Waals surface area contributed by atoms with Gasteiger partial charge in [0, 0.05) is 31.6 Å². The number of ketones is 1. The SMILES string of the molecule is COCCN1C(=O)C(=O)C(=C(O)c2ccc(OCC(C)C)cc2C)C1c1cccnc1. The van der Waals surface area contributed by atoms with E-state index in [0.29, 0.717) is 29.4 Å². The van der Waals surface area contributed by atoms with E-state index in [1.165, 1.54) is 12.0 Å². The molecule has 31 heavy (non-hydrogen) atoms. The van der Waals surface area contributed by atoms with E-state index in [0.717, 1.165) is 5.56 Å². The molecule has 0 radical (unpaired) electrons. The average molecular weight is 424 g/mol. The molecule has 0 aliphatic carbocycles. The average Bonchev–Trinajstić information content (AvgIpc) is 3.01. The van der Waals surface area contributed by atoms with Gasteiger partial charge in [-0.2, -0.15) is 0 Å². The highest BCUT2D eigenvalue weighted by Gasteiger charge is 2.46.